The number of hydrogen-bond donors (Lipinski definition) is 1. The number of fused-ring (bicyclic) bond motifs is 1. The van der Waals surface area contributed by atoms with E-state index in [0.717, 1.165) is 72.4 Å². The number of morpholine rings is 1. The summed E-state index contributed by atoms with van der Waals surface area (Å²) < 4.78 is 9.58. The van der Waals surface area contributed by atoms with Crippen LogP contribution in [0.1, 0.15) is 24.7 Å². The fourth-order valence-corrected chi connectivity index (χ4v) is 5.46. The molecule has 2 saturated heterocycles. The average molecular weight is 515 g/mol. The molecular weight excluding hydrogens is 480 g/mol. The van der Waals surface area contributed by atoms with Crippen molar-refractivity contribution in [2.75, 3.05) is 44.3 Å². The second kappa shape index (κ2) is 10.2. The number of amides is 1. The SMILES string of the molecule is CC(=O)N[C@@H]1CCN(Cc2nc3c(N4CCOCC4)cc(-n4ccc(-c5cccc(C)c5)n4)nc3n2C)C1. The standard InChI is InChI=1S/C28H34N8O2/c1-19-5-4-6-21(15-19)23-8-10-36(32-23)25-16-24(35-11-13-38-14-12-35)27-28(31-25)33(3)26(30-27)18-34-9-7-22(17-34)29-20(2)37/h4-6,8,10,15-16,22H,7,9,11-14,17-18H2,1-3H3,(H,29,37)/t22-/m1/s1. The molecule has 2 fully saturated rings. The molecule has 0 spiro atoms. The molecule has 38 heavy (non-hydrogen) atoms. The van der Waals surface area contributed by atoms with Gasteiger partial charge in [0.25, 0.3) is 0 Å². The molecule has 4 aromatic rings. The van der Waals surface area contributed by atoms with Gasteiger partial charge in [0.2, 0.25) is 5.91 Å². The summed E-state index contributed by atoms with van der Waals surface area (Å²) in [6, 6.07) is 12.7. The number of carbonyl (C=O) groups excluding carboxylic acids is 1. The smallest absolute Gasteiger partial charge is 0.217 e. The van der Waals surface area contributed by atoms with E-state index in [2.05, 4.69) is 56.9 Å². The van der Waals surface area contributed by atoms with E-state index >= 15 is 0 Å². The molecule has 0 saturated carbocycles. The molecule has 1 aromatic carbocycles. The fraction of sp³-hybridized carbons (Fsp3) is 0.429. The van der Waals surface area contributed by atoms with Gasteiger partial charge in [-0.15, -0.1) is 0 Å². The molecule has 0 unspecified atom stereocenters. The highest BCUT2D eigenvalue weighted by molar-refractivity contribution is 5.88. The first-order valence-corrected chi connectivity index (χ1v) is 13.3. The third kappa shape index (κ3) is 4.89. The van der Waals surface area contributed by atoms with Crippen molar-refractivity contribution in [3.05, 3.63) is 54.0 Å². The van der Waals surface area contributed by atoms with Crippen molar-refractivity contribution in [3.8, 4) is 17.1 Å². The lowest BCUT2D eigenvalue weighted by molar-refractivity contribution is -0.119. The largest absolute Gasteiger partial charge is 0.378 e. The van der Waals surface area contributed by atoms with Crippen LogP contribution in [0, 0.1) is 6.92 Å². The van der Waals surface area contributed by atoms with Gasteiger partial charge in [-0.2, -0.15) is 5.10 Å². The van der Waals surface area contributed by atoms with E-state index in [9.17, 15) is 4.79 Å². The number of nitrogens with one attached hydrogen (secondary N) is 1. The lowest BCUT2D eigenvalue weighted by atomic mass is 10.1. The summed E-state index contributed by atoms with van der Waals surface area (Å²) >= 11 is 0. The van der Waals surface area contributed by atoms with Crippen molar-refractivity contribution in [1.29, 1.82) is 0 Å². The van der Waals surface area contributed by atoms with Crippen molar-refractivity contribution in [2.24, 2.45) is 7.05 Å². The number of pyridine rings is 1. The van der Waals surface area contributed by atoms with Gasteiger partial charge in [0.05, 0.1) is 31.1 Å². The van der Waals surface area contributed by atoms with Crippen LogP contribution in [-0.2, 0) is 23.1 Å². The summed E-state index contributed by atoms with van der Waals surface area (Å²) in [5, 5.41) is 7.92. The van der Waals surface area contributed by atoms with Gasteiger partial charge in [-0.05, 0) is 25.5 Å². The van der Waals surface area contributed by atoms with Crippen LogP contribution in [0.5, 0.6) is 0 Å². The maximum absolute atomic E-state index is 11.5. The zero-order valence-corrected chi connectivity index (χ0v) is 22.2. The number of aromatic nitrogens is 5. The molecule has 10 nitrogen and oxygen atoms in total. The van der Waals surface area contributed by atoms with Crippen LogP contribution in [-0.4, -0.2) is 80.6 Å². The highest BCUT2D eigenvalue weighted by Crippen LogP contribution is 2.30. The van der Waals surface area contributed by atoms with Crippen LogP contribution in [0.4, 0.5) is 5.69 Å². The van der Waals surface area contributed by atoms with Gasteiger partial charge in [0.15, 0.2) is 11.5 Å². The summed E-state index contributed by atoms with van der Waals surface area (Å²) in [4.78, 5) is 26.3. The third-order valence-corrected chi connectivity index (χ3v) is 7.42. The normalized spacial score (nSPS) is 18.4. The van der Waals surface area contributed by atoms with Crippen LogP contribution in [0.3, 0.4) is 0 Å². The number of anilines is 1. The lowest BCUT2D eigenvalue weighted by Crippen LogP contribution is -2.36. The van der Waals surface area contributed by atoms with Crippen LogP contribution in [0.15, 0.2) is 42.6 Å². The highest BCUT2D eigenvalue weighted by Gasteiger charge is 2.26. The maximum Gasteiger partial charge on any atom is 0.217 e. The number of imidazole rings is 1. The summed E-state index contributed by atoms with van der Waals surface area (Å²) in [6.07, 6.45) is 2.92. The van der Waals surface area contributed by atoms with Crippen LogP contribution in [0.2, 0.25) is 0 Å². The number of benzene rings is 1. The third-order valence-electron chi connectivity index (χ3n) is 7.42. The maximum atomic E-state index is 11.5. The summed E-state index contributed by atoms with van der Waals surface area (Å²) in [5.74, 6) is 1.75. The Labute approximate surface area is 222 Å². The average Bonchev–Trinajstić information content (AvgIpc) is 3.64. The number of likely N-dealkylation sites (tertiary alicyclic amines) is 1. The fourth-order valence-electron chi connectivity index (χ4n) is 5.46. The first kappa shape index (κ1) is 24.6. The Bertz CT molecular complexity index is 1470. The number of carbonyl (C=O) groups is 1. The quantitative estimate of drug-likeness (QED) is 0.423. The van der Waals surface area contributed by atoms with Crippen molar-refractivity contribution in [1.82, 2.24) is 34.5 Å². The van der Waals surface area contributed by atoms with Crippen LogP contribution >= 0.6 is 0 Å². The summed E-state index contributed by atoms with van der Waals surface area (Å²) in [5.41, 5.74) is 6.00. The first-order chi connectivity index (χ1) is 18.4. The number of hydrogen-bond acceptors (Lipinski definition) is 7. The van der Waals surface area contributed by atoms with Crippen LogP contribution < -0.4 is 10.2 Å². The van der Waals surface area contributed by atoms with E-state index in [-0.39, 0.29) is 11.9 Å². The number of rotatable bonds is 6. The zero-order valence-electron chi connectivity index (χ0n) is 22.2. The summed E-state index contributed by atoms with van der Waals surface area (Å²) in [7, 11) is 2.03. The minimum absolute atomic E-state index is 0.0237. The second-order valence-electron chi connectivity index (χ2n) is 10.3. The molecule has 0 bridgehead atoms. The molecular formula is C28H34N8O2. The minimum atomic E-state index is 0.0237. The Hall–Kier alpha value is -3.76. The Balaban J connectivity index is 1.36. The molecule has 1 atom stereocenters. The number of nitrogens with zero attached hydrogens (tertiary/aromatic N) is 7. The molecule has 2 aliphatic heterocycles. The predicted molar refractivity (Wildman–Crippen MR) is 146 cm³/mol. The van der Waals surface area contributed by atoms with Gasteiger partial charge in [-0.1, -0.05) is 23.8 Å². The molecule has 10 heteroatoms. The van der Waals surface area contributed by atoms with E-state index in [1.807, 2.05) is 24.0 Å². The molecule has 2 aliphatic rings. The Morgan fingerprint density at radius 2 is 1.97 bits per heavy atom. The highest BCUT2D eigenvalue weighted by atomic mass is 16.5. The molecule has 1 amide bonds. The van der Waals surface area contributed by atoms with E-state index in [1.165, 1.54) is 5.56 Å². The molecule has 3 aromatic heterocycles. The molecule has 6 rings (SSSR count). The minimum Gasteiger partial charge on any atom is -0.378 e. The molecule has 5 heterocycles. The van der Waals surface area contributed by atoms with E-state index in [1.54, 1.807) is 6.92 Å². The monoisotopic (exact) mass is 514 g/mol. The van der Waals surface area contributed by atoms with Crippen molar-refractivity contribution < 1.29 is 9.53 Å². The van der Waals surface area contributed by atoms with Crippen LogP contribution in [0.25, 0.3) is 28.2 Å². The van der Waals surface area contributed by atoms with Gasteiger partial charge < -0.3 is 19.5 Å². The topological polar surface area (TPSA) is 93.3 Å². The Morgan fingerprint density at radius 1 is 1.13 bits per heavy atom. The zero-order chi connectivity index (χ0) is 26.2. The lowest BCUT2D eigenvalue weighted by Gasteiger charge is -2.29. The molecule has 0 radical (unpaired) electrons. The van der Waals surface area contributed by atoms with E-state index < -0.39 is 0 Å². The molecule has 1 N–H and O–H groups in total. The van der Waals surface area contributed by atoms with Gasteiger partial charge in [-0.3, -0.25) is 9.69 Å². The first-order valence-electron chi connectivity index (χ1n) is 13.3. The van der Waals surface area contributed by atoms with Gasteiger partial charge in [0.1, 0.15) is 11.3 Å². The Morgan fingerprint density at radius 3 is 2.76 bits per heavy atom. The second-order valence-corrected chi connectivity index (χ2v) is 10.3. The van der Waals surface area contributed by atoms with Crippen molar-refractivity contribution >= 4 is 22.8 Å². The number of ether oxygens (including phenoxy) is 1. The van der Waals surface area contributed by atoms with E-state index in [0.29, 0.717) is 19.8 Å². The summed E-state index contributed by atoms with van der Waals surface area (Å²) in [6.45, 7) is 9.13. The Kier molecular flexibility index (Phi) is 6.59. The predicted octanol–water partition coefficient (Wildman–Crippen LogP) is 2.68. The van der Waals surface area contributed by atoms with Gasteiger partial charge in [-0.25, -0.2) is 14.6 Å². The molecule has 0 aliphatic carbocycles. The molecule has 198 valence electrons. The van der Waals surface area contributed by atoms with Gasteiger partial charge in [0, 0.05) is 64.0 Å². The van der Waals surface area contributed by atoms with Gasteiger partial charge >= 0.3 is 0 Å². The number of aryl methyl sites for hydroxylation is 2. The van der Waals surface area contributed by atoms with E-state index in [4.69, 9.17) is 19.8 Å². The van der Waals surface area contributed by atoms with Crippen molar-refractivity contribution in [2.45, 2.75) is 32.9 Å². The van der Waals surface area contributed by atoms with Crippen molar-refractivity contribution in [3.63, 3.8) is 0 Å².